The zero-order valence-electron chi connectivity index (χ0n) is 11.6. The minimum absolute atomic E-state index is 0.0645. The molecule has 0 saturated carbocycles. The molecule has 0 aromatic heterocycles. The highest BCUT2D eigenvalue weighted by Crippen LogP contribution is 2.34. The van der Waals surface area contributed by atoms with Gasteiger partial charge in [0.2, 0.25) is 0 Å². The number of benzene rings is 1. The van der Waals surface area contributed by atoms with Crippen molar-refractivity contribution in [1.82, 2.24) is 0 Å². The van der Waals surface area contributed by atoms with E-state index in [-0.39, 0.29) is 12.1 Å². The van der Waals surface area contributed by atoms with Crippen LogP contribution in [-0.2, 0) is 11.2 Å². The van der Waals surface area contributed by atoms with Gasteiger partial charge in [-0.15, -0.1) is 0 Å². The molecule has 1 rings (SSSR count). The summed E-state index contributed by atoms with van der Waals surface area (Å²) in [6.45, 7) is 4.47. The third-order valence-electron chi connectivity index (χ3n) is 2.81. The first kappa shape index (κ1) is 16.6. The minimum atomic E-state index is -0.0831. The summed E-state index contributed by atoms with van der Waals surface area (Å²) < 4.78 is 10.9. The lowest BCUT2D eigenvalue weighted by molar-refractivity contribution is 0.0914. The van der Waals surface area contributed by atoms with Gasteiger partial charge in [0.15, 0.2) is 0 Å². The Kier molecular flexibility index (Phi) is 6.94. The normalized spacial score (nSPS) is 14.2. The summed E-state index contributed by atoms with van der Waals surface area (Å²) in [4.78, 5) is 0. The fraction of sp³-hybridized carbons (Fsp3) is 0.571. The molecule has 108 valence electrons. The Labute approximate surface area is 125 Å². The van der Waals surface area contributed by atoms with Crippen molar-refractivity contribution < 1.29 is 9.47 Å². The Morgan fingerprint density at radius 1 is 1.32 bits per heavy atom. The monoisotopic (exact) mass is 305 g/mol. The first-order valence-electron chi connectivity index (χ1n) is 6.37. The van der Waals surface area contributed by atoms with Crippen molar-refractivity contribution in [2.75, 3.05) is 13.7 Å². The number of ether oxygens (including phenoxy) is 2. The lowest BCUT2D eigenvalue weighted by Gasteiger charge is -2.20. The van der Waals surface area contributed by atoms with E-state index in [0.717, 1.165) is 12.0 Å². The third kappa shape index (κ3) is 5.19. The van der Waals surface area contributed by atoms with Crippen LogP contribution in [0.2, 0.25) is 10.0 Å². The van der Waals surface area contributed by atoms with Crippen LogP contribution in [0.5, 0.6) is 5.75 Å². The molecule has 0 amide bonds. The molecule has 0 aliphatic heterocycles. The summed E-state index contributed by atoms with van der Waals surface area (Å²) in [6, 6.07) is 3.60. The largest absolute Gasteiger partial charge is 0.486 e. The van der Waals surface area contributed by atoms with Crippen molar-refractivity contribution in [3.8, 4) is 5.75 Å². The first-order valence-corrected chi connectivity index (χ1v) is 7.12. The average Bonchev–Trinajstić information content (AvgIpc) is 2.33. The molecule has 19 heavy (non-hydrogen) atoms. The molecule has 0 aliphatic rings. The van der Waals surface area contributed by atoms with Crippen molar-refractivity contribution in [3.05, 3.63) is 27.7 Å². The van der Waals surface area contributed by atoms with Crippen molar-refractivity contribution in [2.24, 2.45) is 5.73 Å². The molecule has 2 unspecified atom stereocenters. The summed E-state index contributed by atoms with van der Waals surface area (Å²) in [6.07, 6.45) is 1.49. The fourth-order valence-corrected chi connectivity index (χ4v) is 2.37. The summed E-state index contributed by atoms with van der Waals surface area (Å²) in [5.74, 6) is 0.652. The zero-order chi connectivity index (χ0) is 14.4. The van der Waals surface area contributed by atoms with Crippen LogP contribution in [0.1, 0.15) is 25.8 Å². The van der Waals surface area contributed by atoms with E-state index >= 15 is 0 Å². The average molecular weight is 306 g/mol. The van der Waals surface area contributed by atoms with E-state index in [2.05, 4.69) is 0 Å². The number of nitrogens with two attached hydrogens (primary N) is 1. The maximum absolute atomic E-state index is 6.21. The predicted octanol–water partition coefficient (Wildman–Crippen LogP) is 3.69. The Morgan fingerprint density at radius 3 is 2.58 bits per heavy atom. The van der Waals surface area contributed by atoms with Crippen LogP contribution in [0.15, 0.2) is 12.1 Å². The molecule has 0 bridgehead atoms. The maximum Gasteiger partial charge on any atom is 0.141 e. The second-order valence-corrected chi connectivity index (χ2v) is 5.48. The molecule has 0 heterocycles. The van der Waals surface area contributed by atoms with Gasteiger partial charge in [-0.1, -0.05) is 30.1 Å². The van der Waals surface area contributed by atoms with Crippen LogP contribution >= 0.6 is 23.2 Å². The third-order valence-corrected chi connectivity index (χ3v) is 3.31. The van der Waals surface area contributed by atoms with Gasteiger partial charge < -0.3 is 15.2 Å². The second-order valence-electron chi connectivity index (χ2n) is 4.63. The second kappa shape index (κ2) is 7.95. The first-order chi connectivity index (χ1) is 8.97. The van der Waals surface area contributed by atoms with E-state index in [4.69, 9.17) is 38.4 Å². The number of rotatable bonds is 7. The van der Waals surface area contributed by atoms with Crippen LogP contribution in [0.3, 0.4) is 0 Å². The molecule has 1 aromatic rings. The van der Waals surface area contributed by atoms with Gasteiger partial charge in [0.05, 0.1) is 11.6 Å². The molecule has 3 nitrogen and oxygen atoms in total. The summed E-state index contributed by atoms with van der Waals surface area (Å²) in [7, 11) is 1.64. The van der Waals surface area contributed by atoms with Gasteiger partial charge >= 0.3 is 0 Å². The van der Waals surface area contributed by atoms with Gasteiger partial charge in [0.1, 0.15) is 11.9 Å². The van der Waals surface area contributed by atoms with Gasteiger partial charge in [-0.3, -0.25) is 0 Å². The number of hydrogen-bond donors (Lipinski definition) is 1. The number of hydrogen-bond acceptors (Lipinski definition) is 3. The number of methoxy groups -OCH3 is 1. The summed E-state index contributed by atoms with van der Waals surface area (Å²) in [5.41, 5.74) is 6.94. The molecule has 0 spiro atoms. The van der Waals surface area contributed by atoms with E-state index < -0.39 is 0 Å². The lowest BCUT2D eigenvalue weighted by atomic mass is 10.0. The van der Waals surface area contributed by atoms with Crippen molar-refractivity contribution in [1.29, 1.82) is 0 Å². The SMILES string of the molecule is CCC(N)Cc1cc(Cl)cc(Cl)c1OC(C)COC. The van der Waals surface area contributed by atoms with Crippen molar-refractivity contribution >= 4 is 23.2 Å². The van der Waals surface area contributed by atoms with E-state index in [1.165, 1.54) is 0 Å². The molecule has 5 heteroatoms. The number of halogens is 2. The summed E-state index contributed by atoms with van der Waals surface area (Å²) >= 11 is 12.3. The topological polar surface area (TPSA) is 44.5 Å². The molecule has 2 atom stereocenters. The predicted molar refractivity (Wildman–Crippen MR) is 80.4 cm³/mol. The van der Waals surface area contributed by atoms with Gasteiger partial charge in [-0.2, -0.15) is 0 Å². The van der Waals surface area contributed by atoms with Gasteiger partial charge in [0.25, 0.3) is 0 Å². The van der Waals surface area contributed by atoms with Gasteiger partial charge in [-0.25, -0.2) is 0 Å². The highest BCUT2D eigenvalue weighted by Gasteiger charge is 2.15. The zero-order valence-corrected chi connectivity index (χ0v) is 13.1. The van der Waals surface area contributed by atoms with E-state index in [1.54, 1.807) is 13.2 Å². The van der Waals surface area contributed by atoms with Gasteiger partial charge in [-0.05, 0) is 37.5 Å². The molecule has 0 fully saturated rings. The lowest BCUT2D eigenvalue weighted by Crippen LogP contribution is -2.23. The van der Waals surface area contributed by atoms with E-state index in [9.17, 15) is 0 Å². The molecular weight excluding hydrogens is 285 g/mol. The standard InChI is InChI=1S/C14H21Cl2NO2/c1-4-12(17)6-10-5-11(15)7-13(16)14(10)19-9(2)8-18-3/h5,7,9,12H,4,6,8,17H2,1-3H3. The molecule has 0 radical (unpaired) electrons. The van der Waals surface area contributed by atoms with E-state index in [0.29, 0.717) is 28.8 Å². The van der Waals surface area contributed by atoms with Crippen LogP contribution in [0.4, 0.5) is 0 Å². The van der Waals surface area contributed by atoms with Crippen LogP contribution in [-0.4, -0.2) is 25.9 Å². The quantitative estimate of drug-likeness (QED) is 0.835. The van der Waals surface area contributed by atoms with Crippen LogP contribution < -0.4 is 10.5 Å². The van der Waals surface area contributed by atoms with Crippen LogP contribution in [0.25, 0.3) is 0 Å². The van der Waals surface area contributed by atoms with Crippen molar-refractivity contribution in [3.63, 3.8) is 0 Å². The highest BCUT2D eigenvalue weighted by atomic mass is 35.5. The Hall–Kier alpha value is -0.480. The Bertz CT molecular complexity index is 413. The molecule has 0 aliphatic carbocycles. The molecule has 0 saturated heterocycles. The smallest absolute Gasteiger partial charge is 0.141 e. The Morgan fingerprint density at radius 2 is 2.00 bits per heavy atom. The molecular formula is C14H21Cl2NO2. The fourth-order valence-electron chi connectivity index (χ4n) is 1.79. The van der Waals surface area contributed by atoms with E-state index in [1.807, 2.05) is 19.9 Å². The van der Waals surface area contributed by atoms with Crippen molar-refractivity contribution in [2.45, 2.75) is 38.8 Å². The highest BCUT2D eigenvalue weighted by molar-refractivity contribution is 6.35. The molecule has 2 N–H and O–H groups in total. The van der Waals surface area contributed by atoms with Crippen LogP contribution in [0, 0.1) is 0 Å². The minimum Gasteiger partial charge on any atom is -0.486 e. The summed E-state index contributed by atoms with van der Waals surface area (Å²) in [5, 5.41) is 1.10. The Balaban J connectivity index is 2.98. The maximum atomic E-state index is 6.21. The molecule has 1 aromatic carbocycles. The van der Waals surface area contributed by atoms with Gasteiger partial charge in [0, 0.05) is 18.2 Å².